The number of carbonyl (C=O) groups is 1. The van der Waals surface area contributed by atoms with Crippen molar-refractivity contribution in [3.63, 3.8) is 0 Å². The summed E-state index contributed by atoms with van der Waals surface area (Å²) < 4.78 is 18.3. The van der Waals surface area contributed by atoms with Gasteiger partial charge < -0.3 is 15.2 Å². The first-order valence-corrected chi connectivity index (χ1v) is 6.50. The van der Waals surface area contributed by atoms with E-state index in [-0.39, 0.29) is 25.2 Å². The zero-order chi connectivity index (χ0) is 13.7. The maximum atomic E-state index is 13.0. The van der Waals surface area contributed by atoms with Crippen LogP contribution in [0.15, 0.2) is 18.2 Å². The van der Waals surface area contributed by atoms with Crippen LogP contribution in [0.2, 0.25) is 0 Å². The van der Waals surface area contributed by atoms with Crippen LogP contribution in [0.3, 0.4) is 0 Å². The number of nitrogens with one attached hydrogen (secondary N) is 1. The van der Waals surface area contributed by atoms with Crippen LogP contribution < -0.4 is 10.1 Å². The van der Waals surface area contributed by atoms with E-state index in [0.717, 1.165) is 25.7 Å². The lowest BCUT2D eigenvalue weighted by molar-refractivity contribution is -0.123. The summed E-state index contributed by atoms with van der Waals surface area (Å²) in [6.45, 7) is -0.438. The Morgan fingerprint density at radius 2 is 2.16 bits per heavy atom. The topological polar surface area (TPSA) is 58.6 Å². The lowest BCUT2D eigenvalue weighted by Crippen LogP contribution is -2.36. The van der Waals surface area contributed by atoms with Crippen LogP contribution in [0.1, 0.15) is 31.2 Å². The molecule has 1 amide bonds. The van der Waals surface area contributed by atoms with E-state index in [1.165, 1.54) is 18.2 Å². The first-order chi connectivity index (χ1) is 9.19. The Balaban J connectivity index is 1.85. The van der Waals surface area contributed by atoms with E-state index in [4.69, 9.17) is 9.84 Å². The van der Waals surface area contributed by atoms with Crippen molar-refractivity contribution in [3.05, 3.63) is 29.6 Å². The summed E-state index contributed by atoms with van der Waals surface area (Å²) in [5.41, 5.74) is 0.341. The number of rotatable bonds is 5. The Morgan fingerprint density at radius 3 is 2.84 bits per heavy atom. The molecule has 0 saturated heterocycles. The number of halogens is 1. The maximum absolute atomic E-state index is 13.0. The van der Waals surface area contributed by atoms with E-state index in [2.05, 4.69) is 5.32 Å². The van der Waals surface area contributed by atoms with Crippen molar-refractivity contribution in [1.82, 2.24) is 5.32 Å². The van der Waals surface area contributed by atoms with Crippen LogP contribution in [0.4, 0.5) is 4.39 Å². The summed E-state index contributed by atoms with van der Waals surface area (Å²) in [7, 11) is 0. The standard InChI is InChI=1S/C14H18FNO3/c15-11-5-6-13(10(7-11)8-17)19-9-14(18)16-12-3-1-2-4-12/h5-7,12,17H,1-4,8-9H2,(H,16,18). The second kappa shape index (κ2) is 6.52. The van der Waals surface area contributed by atoms with Gasteiger partial charge in [-0.15, -0.1) is 0 Å². The zero-order valence-electron chi connectivity index (χ0n) is 10.7. The number of benzene rings is 1. The first kappa shape index (κ1) is 13.8. The smallest absolute Gasteiger partial charge is 0.258 e. The number of hydrogen-bond donors (Lipinski definition) is 2. The summed E-state index contributed by atoms with van der Waals surface area (Å²) in [5.74, 6) is -0.280. The minimum Gasteiger partial charge on any atom is -0.483 e. The van der Waals surface area contributed by atoms with Crippen molar-refractivity contribution in [2.24, 2.45) is 0 Å². The molecule has 104 valence electrons. The largest absolute Gasteiger partial charge is 0.483 e. The molecular weight excluding hydrogens is 249 g/mol. The molecule has 0 aromatic heterocycles. The van der Waals surface area contributed by atoms with Crippen LogP contribution in [0.25, 0.3) is 0 Å². The van der Waals surface area contributed by atoms with Gasteiger partial charge in [-0.05, 0) is 31.0 Å². The summed E-state index contributed by atoms with van der Waals surface area (Å²) in [5, 5.41) is 12.0. The van der Waals surface area contributed by atoms with Crippen LogP contribution >= 0.6 is 0 Å². The predicted molar refractivity (Wildman–Crippen MR) is 68.2 cm³/mol. The van der Waals surface area contributed by atoms with Gasteiger partial charge in [-0.2, -0.15) is 0 Å². The molecule has 0 atom stereocenters. The van der Waals surface area contributed by atoms with Gasteiger partial charge in [-0.3, -0.25) is 4.79 Å². The Morgan fingerprint density at radius 1 is 1.42 bits per heavy atom. The molecule has 1 aliphatic rings. The molecule has 2 rings (SSSR count). The minimum absolute atomic E-state index is 0.116. The van der Waals surface area contributed by atoms with Gasteiger partial charge in [0.2, 0.25) is 0 Å². The molecule has 1 fully saturated rings. The number of ether oxygens (including phenoxy) is 1. The van der Waals surface area contributed by atoms with E-state index >= 15 is 0 Å². The average molecular weight is 267 g/mol. The van der Waals surface area contributed by atoms with Crippen LogP contribution in [-0.2, 0) is 11.4 Å². The van der Waals surface area contributed by atoms with Crippen molar-refractivity contribution in [3.8, 4) is 5.75 Å². The molecule has 19 heavy (non-hydrogen) atoms. The van der Waals surface area contributed by atoms with Crippen LogP contribution in [0, 0.1) is 5.82 Å². The van der Waals surface area contributed by atoms with Crippen molar-refractivity contribution >= 4 is 5.91 Å². The van der Waals surface area contributed by atoms with Gasteiger partial charge in [-0.25, -0.2) is 4.39 Å². The van der Waals surface area contributed by atoms with Crippen molar-refractivity contribution in [1.29, 1.82) is 0 Å². The van der Waals surface area contributed by atoms with Crippen LogP contribution in [0.5, 0.6) is 5.75 Å². The zero-order valence-corrected chi connectivity index (χ0v) is 10.7. The van der Waals surface area contributed by atoms with Gasteiger partial charge in [0.05, 0.1) is 6.61 Å². The molecule has 0 heterocycles. The molecule has 0 aliphatic heterocycles. The van der Waals surface area contributed by atoms with E-state index in [1.54, 1.807) is 0 Å². The summed E-state index contributed by atoms with van der Waals surface area (Å²) in [4.78, 5) is 11.7. The SMILES string of the molecule is O=C(COc1ccc(F)cc1CO)NC1CCCC1. The quantitative estimate of drug-likeness (QED) is 0.854. The molecule has 0 unspecified atom stereocenters. The highest BCUT2D eigenvalue weighted by atomic mass is 19.1. The third-order valence-electron chi connectivity index (χ3n) is 3.27. The van der Waals surface area contributed by atoms with E-state index in [1.807, 2.05) is 0 Å². The highest BCUT2D eigenvalue weighted by molar-refractivity contribution is 5.77. The molecule has 1 aromatic carbocycles. The predicted octanol–water partition coefficient (Wildman–Crippen LogP) is 1.76. The second-order valence-electron chi connectivity index (χ2n) is 4.75. The fraction of sp³-hybridized carbons (Fsp3) is 0.500. The Hall–Kier alpha value is -1.62. The molecule has 1 aromatic rings. The normalized spacial score (nSPS) is 15.5. The summed E-state index contributed by atoms with van der Waals surface area (Å²) >= 11 is 0. The van der Waals surface area contributed by atoms with E-state index in [9.17, 15) is 9.18 Å². The molecule has 0 spiro atoms. The molecule has 5 heteroatoms. The van der Waals surface area contributed by atoms with E-state index in [0.29, 0.717) is 11.3 Å². The lowest BCUT2D eigenvalue weighted by atomic mass is 10.2. The molecule has 4 nitrogen and oxygen atoms in total. The number of hydrogen-bond acceptors (Lipinski definition) is 3. The fourth-order valence-corrected chi connectivity index (χ4v) is 2.30. The van der Waals surface area contributed by atoms with Crippen LogP contribution in [-0.4, -0.2) is 23.7 Å². The van der Waals surface area contributed by atoms with Gasteiger partial charge in [0.1, 0.15) is 11.6 Å². The average Bonchev–Trinajstić information content (AvgIpc) is 2.90. The van der Waals surface area contributed by atoms with E-state index < -0.39 is 5.82 Å². The van der Waals surface area contributed by atoms with Gasteiger partial charge in [0, 0.05) is 11.6 Å². The molecular formula is C14H18FNO3. The molecule has 1 aliphatic carbocycles. The van der Waals surface area contributed by atoms with Gasteiger partial charge in [-0.1, -0.05) is 12.8 Å². The Labute approximate surface area is 111 Å². The van der Waals surface area contributed by atoms with Gasteiger partial charge in [0.25, 0.3) is 5.91 Å². The number of carbonyl (C=O) groups excluding carboxylic acids is 1. The van der Waals surface area contributed by atoms with Gasteiger partial charge >= 0.3 is 0 Å². The third-order valence-corrected chi connectivity index (χ3v) is 3.27. The first-order valence-electron chi connectivity index (χ1n) is 6.50. The molecule has 1 saturated carbocycles. The van der Waals surface area contributed by atoms with Crippen molar-refractivity contribution in [2.45, 2.75) is 38.3 Å². The highest BCUT2D eigenvalue weighted by Gasteiger charge is 2.17. The molecule has 0 radical (unpaired) electrons. The molecule has 2 N–H and O–H groups in total. The van der Waals surface area contributed by atoms with Crippen molar-refractivity contribution < 1.29 is 19.0 Å². The number of aliphatic hydroxyl groups excluding tert-OH is 1. The van der Waals surface area contributed by atoms with Gasteiger partial charge in [0.15, 0.2) is 6.61 Å². The highest BCUT2D eigenvalue weighted by Crippen LogP contribution is 2.20. The number of amides is 1. The Bertz CT molecular complexity index is 444. The second-order valence-corrected chi connectivity index (χ2v) is 4.75. The monoisotopic (exact) mass is 267 g/mol. The Kier molecular flexibility index (Phi) is 4.74. The number of aliphatic hydroxyl groups is 1. The minimum atomic E-state index is -0.438. The molecule has 0 bridgehead atoms. The third kappa shape index (κ3) is 3.92. The maximum Gasteiger partial charge on any atom is 0.258 e. The van der Waals surface area contributed by atoms with Crippen molar-refractivity contribution in [2.75, 3.05) is 6.61 Å². The lowest BCUT2D eigenvalue weighted by Gasteiger charge is -2.13. The summed E-state index contributed by atoms with van der Waals surface area (Å²) in [6, 6.07) is 4.11. The fourth-order valence-electron chi connectivity index (χ4n) is 2.30. The summed E-state index contributed by atoms with van der Waals surface area (Å²) in [6.07, 6.45) is 4.34.